The molecule has 0 spiro atoms. The molecule has 4 heterocycles. The van der Waals surface area contributed by atoms with Gasteiger partial charge in [-0.1, -0.05) is 0 Å². The van der Waals surface area contributed by atoms with Crippen molar-refractivity contribution in [3.8, 4) is 0 Å². The molecule has 134 valence electrons. The van der Waals surface area contributed by atoms with E-state index in [1.807, 2.05) is 0 Å². The lowest BCUT2D eigenvalue weighted by Crippen LogP contribution is -2.57. The van der Waals surface area contributed by atoms with E-state index >= 15 is 0 Å². The predicted molar refractivity (Wildman–Crippen MR) is 78.2 cm³/mol. The molecule has 0 aromatic carbocycles. The molecular formula is C14H15N3O8. The number of epoxide rings is 1. The van der Waals surface area contributed by atoms with E-state index in [1.165, 1.54) is 0 Å². The van der Waals surface area contributed by atoms with Crippen LogP contribution in [0.25, 0.3) is 0 Å². The van der Waals surface area contributed by atoms with Crippen molar-refractivity contribution in [2.75, 3.05) is 19.8 Å². The Morgan fingerprint density at radius 1 is 0.800 bits per heavy atom. The van der Waals surface area contributed by atoms with Gasteiger partial charge in [-0.2, -0.15) is 0 Å². The fourth-order valence-electron chi connectivity index (χ4n) is 3.13. The van der Waals surface area contributed by atoms with Crippen LogP contribution in [0, 0.1) is 0 Å². The van der Waals surface area contributed by atoms with Crippen molar-refractivity contribution in [1.29, 1.82) is 0 Å². The van der Waals surface area contributed by atoms with Crippen molar-refractivity contribution in [1.82, 2.24) is 13.7 Å². The average molecular weight is 353 g/mol. The van der Waals surface area contributed by atoms with Crippen LogP contribution in [-0.4, -0.2) is 51.6 Å². The second kappa shape index (κ2) is 5.69. The second-order valence-electron chi connectivity index (χ2n) is 6.10. The van der Waals surface area contributed by atoms with Gasteiger partial charge in [-0.3, -0.25) is 0 Å². The maximum absolute atomic E-state index is 12.8. The summed E-state index contributed by atoms with van der Waals surface area (Å²) in [7, 11) is 0. The highest BCUT2D eigenvalue weighted by atomic mass is 16.6. The molecular weight excluding hydrogens is 338 g/mol. The fraction of sp³-hybridized carbons (Fsp3) is 0.643. The maximum Gasteiger partial charge on any atom is 0.337 e. The minimum atomic E-state index is -1.12. The van der Waals surface area contributed by atoms with Crippen molar-refractivity contribution in [2.45, 2.75) is 37.6 Å². The Hall–Kier alpha value is -2.69. The molecule has 0 amide bonds. The smallest absolute Gasteiger partial charge is 0.337 e. The van der Waals surface area contributed by atoms with Crippen molar-refractivity contribution < 1.29 is 23.8 Å². The zero-order chi connectivity index (χ0) is 17.7. The molecule has 0 saturated carbocycles. The highest BCUT2D eigenvalue weighted by Gasteiger charge is 2.38. The molecule has 11 nitrogen and oxygen atoms in total. The van der Waals surface area contributed by atoms with Crippen molar-refractivity contribution in [2.24, 2.45) is 0 Å². The number of hydrogen-bond acceptors (Lipinski definition) is 8. The first-order chi connectivity index (χ1) is 12.0. The molecule has 3 aliphatic heterocycles. The van der Waals surface area contributed by atoms with E-state index in [0.717, 1.165) is 4.57 Å². The fourth-order valence-corrected chi connectivity index (χ4v) is 3.13. The summed E-state index contributed by atoms with van der Waals surface area (Å²) in [4.78, 5) is 61.9. The van der Waals surface area contributed by atoms with E-state index in [4.69, 9.17) is 14.2 Å². The SMILES string of the molecule is O=C1OCCC1n1c(=O)n(CC2CO2)c(=O)n(C2CCOC2=O)c1=O. The van der Waals surface area contributed by atoms with E-state index in [2.05, 4.69) is 0 Å². The minimum Gasteiger partial charge on any atom is -0.464 e. The zero-order valence-electron chi connectivity index (χ0n) is 13.1. The second-order valence-corrected chi connectivity index (χ2v) is 6.10. The predicted octanol–water partition coefficient (Wildman–Crippen LogP) is -2.45. The zero-order valence-corrected chi connectivity index (χ0v) is 13.1. The Balaban J connectivity index is 1.95. The highest BCUT2D eigenvalue weighted by molar-refractivity contribution is 5.76. The summed E-state index contributed by atoms with van der Waals surface area (Å²) in [6, 6.07) is -2.23. The first kappa shape index (κ1) is 15.8. The lowest BCUT2D eigenvalue weighted by Gasteiger charge is -2.17. The van der Waals surface area contributed by atoms with Gasteiger partial charge in [-0.25, -0.2) is 37.7 Å². The number of nitrogens with zero attached hydrogens (tertiary/aromatic N) is 3. The van der Waals surface area contributed by atoms with Crippen LogP contribution in [0.1, 0.15) is 24.9 Å². The number of hydrogen-bond donors (Lipinski definition) is 0. The summed E-state index contributed by atoms with van der Waals surface area (Å²) >= 11 is 0. The third-order valence-corrected chi connectivity index (χ3v) is 4.51. The largest absolute Gasteiger partial charge is 0.464 e. The van der Waals surface area contributed by atoms with Gasteiger partial charge in [-0.05, 0) is 0 Å². The normalized spacial score (nSPS) is 28.1. The van der Waals surface area contributed by atoms with Crippen LogP contribution in [-0.2, 0) is 30.3 Å². The van der Waals surface area contributed by atoms with Crippen LogP contribution in [0.4, 0.5) is 0 Å². The van der Waals surface area contributed by atoms with E-state index in [9.17, 15) is 24.0 Å². The molecule has 1 aromatic heterocycles. The lowest BCUT2D eigenvalue weighted by molar-refractivity contribution is -0.141. The molecule has 3 atom stereocenters. The summed E-state index contributed by atoms with van der Waals surface area (Å²) < 4.78 is 16.9. The number of esters is 2. The van der Waals surface area contributed by atoms with Gasteiger partial charge in [-0.15, -0.1) is 0 Å². The number of carbonyl (C=O) groups excluding carboxylic acids is 2. The lowest BCUT2D eigenvalue weighted by atomic mass is 10.2. The molecule has 3 aliphatic rings. The summed E-state index contributed by atoms with van der Waals surface area (Å²) in [5.41, 5.74) is -2.82. The quantitative estimate of drug-likeness (QED) is 0.430. The van der Waals surface area contributed by atoms with Gasteiger partial charge in [0.15, 0.2) is 0 Å². The molecule has 0 N–H and O–H groups in total. The Bertz CT molecular complexity index is 857. The van der Waals surface area contributed by atoms with Gasteiger partial charge in [0.1, 0.15) is 12.1 Å². The standard InChI is InChI=1S/C14H15N3O8/c18-10-8(1-3-23-10)16-12(20)15(5-7-6-25-7)13(21)17(14(16)22)9-2-4-24-11(9)19/h7-9H,1-6H2. The molecule has 0 radical (unpaired) electrons. The third-order valence-electron chi connectivity index (χ3n) is 4.51. The molecule has 1 aromatic rings. The summed E-state index contributed by atoms with van der Waals surface area (Å²) in [5.74, 6) is -1.43. The highest BCUT2D eigenvalue weighted by Crippen LogP contribution is 2.19. The first-order valence-electron chi connectivity index (χ1n) is 7.92. The van der Waals surface area contributed by atoms with Gasteiger partial charge in [0.05, 0.1) is 32.5 Å². The van der Waals surface area contributed by atoms with Crippen molar-refractivity contribution in [3.05, 3.63) is 31.5 Å². The first-order valence-corrected chi connectivity index (χ1v) is 7.92. The Kier molecular flexibility index (Phi) is 3.60. The molecule has 11 heteroatoms. The monoisotopic (exact) mass is 353 g/mol. The Morgan fingerprint density at radius 3 is 1.64 bits per heavy atom. The number of cyclic esters (lactones) is 2. The number of rotatable bonds is 4. The third kappa shape index (κ3) is 2.51. The Morgan fingerprint density at radius 2 is 1.28 bits per heavy atom. The number of ether oxygens (including phenoxy) is 3. The van der Waals surface area contributed by atoms with E-state index in [0.29, 0.717) is 15.7 Å². The van der Waals surface area contributed by atoms with Crippen LogP contribution in [0.3, 0.4) is 0 Å². The van der Waals surface area contributed by atoms with Crippen LogP contribution < -0.4 is 17.1 Å². The Labute approximate surface area is 139 Å². The average Bonchev–Trinajstić information content (AvgIpc) is 3.16. The van der Waals surface area contributed by atoms with Gasteiger partial charge >= 0.3 is 29.0 Å². The van der Waals surface area contributed by atoms with Gasteiger partial charge < -0.3 is 14.2 Å². The van der Waals surface area contributed by atoms with Gasteiger partial charge in [0, 0.05) is 12.8 Å². The van der Waals surface area contributed by atoms with Crippen LogP contribution in [0.5, 0.6) is 0 Å². The minimum absolute atomic E-state index is 0.0541. The summed E-state index contributed by atoms with van der Waals surface area (Å²) in [6.07, 6.45) is -0.0292. The summed E-state index contributed by atoms with van der Waals surface area (Å²) in [5, 5.41) is 0. The molecule has 4 rings (SSSR count). The maximum atomic E-state index is 12.8. The van der Waals surface area contributed by atoms with Crippen molar-refractivity contribution in [3.63, 3.8) is 0 Å². The van der Waals surface area contributed by atoms with Crippen molar-refractivity contribution >= 4 is 11.9 Å². The van der Waals surface area contributed by atoms with Gasteiger partial charge in [0.25, 0.3) is 0 Å². The number of aromatic nitrogens is 3. The van der Waals surface area contributed by atoms with E-state index in [1.54, 1.807) is 0 Å². The van der Waals surface area contributed by atoms with Crippen LogP contribution in [0.2, 0.25) is 0 Å². The molecule has 3 unspecified atom stereocenters. The topological polar surface area (TPSA) is 131 Å². The van der Waals surface area contributed by atoms with E-state index < -0.39 is 41.1 Å². The van der Waals surface area contributed by atoms with Crippen LogP contribution >= 0.6 is 0 Å². The molecule has 25 heavy (non-hydrogen) atoms. The van der Waals surface area contributed by atoms with E-state index in [-0.39, 0.29) is 38.7 Å². The molecule has 3 saturated heterocycles. The van der Waals surface area contributed by atoms with Gasteiger partial charge in [0.2, 0.25) is 0 Å². The van der Waals surface area contributed by atoms with Crippen LogP contribution in [0.15, 0.2) is 14.4 Å². The molecule has 0 bridgehead atoms. The molecule has 3 fully saturated rings. The summed E-state index contributed by atoms with van der Waals surface area (Å²) in [6.45, 7) is 0.487. The number of carbonyl (C=O) groups is 2. The molecule has 0 aliphatic carbocycles.